The third-order valence-electron chi connectivity index (χ3n) is 4.35. The van der Waals surface area contributed by atoms with Crippen LogP contribution in [-0.2, 0) is 0 Å². The van der Waals surface area contributed by atoms with Gasteiger partial charge in [-0.3, -0.25) is 9.59 Å². The molecule has 0 saturated carbocycles. The molecule has 2 aromatic carbocycles. The van der Waals surface area contributed by atoms with Crippen LogP contribution in [-0.4, -0.2) is 26.6 Å². The number of fused-ring (bicyclic) bond motifs is 1. The Hall–Kier alpha value is -3.65. The lowest BCUT2D eigenvalue weighted by Gasteiger charge is -2.07. The molecule has 9 heteroatoms. The van der Waals surface area contributed by atoms with Gasteiger partial charge in [0.15, 0.2) is 5.65 Å². The molecule has 0 aliphatic heterocycles. The first kappa shape index (κ1) is 18.7. The predicted molar refractivity (Wildman–Crippen MR) is 103 cm³/mol. The van der Waals surface area contributed by atoms with Gasteiger partial charge >= 0.3 is 0 Å². The van der Waals surface area contributed by atoms with Gasteiger partial charge in [-0.1, -0.05) is 23.7 Å². The van der Waals surface area contributed by atoms with Crippen molar-refractivity contribution in [2.75, 3.05) is 0 Å². The Morgan fingerprint density at radius 3 is 2.45 bits per heavy atom. The zero-order chi connectivity index (χ0) is 20.7. The Morgan fingerprint density at radius 2 is 1.76 bits per heavy atom. The molecule has 0 fully saturated rings. The molecule has 0 aliphatic rings. The van der Waals surface area contributed by atoms with Gasteiger partial charge in [0.1, 0.15) is 17.2 Å². The Kier molecular flexibility index (Phi) is 4.56. The molecule has 0 unspecified atom stereocenters. The van der Waals surface area contributed by atoms with Crippen LogP contribution in [0.3, 0.4) is 0 Å². The van der Waals surface area contributed by atoms with Crippen molar-refractivity contribution in [3.8, 4) is 11.3 Å². The summed E-state index contributed by atoms with van der Waals surface area (Å²) in [4.78, 5) is 35.6. The summed E-state index contributed by atoms with van der Waals surface area (Å²) in [7, 11) is 0. The van der Waals surface area contributed by atoms with Crippen molar-refractivity contribution in [3.05, 3.63) is 82.1 Å². The van der Waals surface area contributed by atoms with Crippen LogP contribution in [0.5, 0.6) is 0 Å². The van der Waals surface area contributed by atoms with E-state index in [1.165, 1.54) is 12.4 Å². The number of hydrogen-bond acceptors (Lipinski definition) is 4. The van der Waals surface area contributed by atoms with E-state index in [1.807, 2.05) is 0 Å². The van der Waals surface area contributed by atoms with Gasteiger partial charge in [-0.15, -0.1) is 0 Å². The molecule has 1 amide bonds. The number of hydrogen-bond donors (Lipinski definition) is 2. The molecular formula is C20H11ClF2N4O2. The van der Waals surface area contributed by atoms with E-state index in [-0.39, 0.29) is 16.7 Å². The maximum absolute atomic E-state index is 14.6. The third-order valence-corrected chi connectivity index (χ3v) is 4.60. The first-order valence-corrected chi connectivity index (χ1v) is 8.67. The van der Waals surface area contributed by atoms with Gasteiger partial charge in [-0.2, -0.15) is 0 Å². The molecule has 6 nitrogen and oxygen atoms in total. The van der Waals surface area contributed by atoms with Crippen LogP contribution in [0.15, 0.2) is 48.8 Å². The van der Waals surface area contributed by atoms with Crippen LogP contribution in [0.4, 0.5) is 8.78 Å². The number of nitrogens with two attached hydrogens (primary N) is 1. The highest BCUT2D eigenvalue weighted by molar-refractivity contribution is 6.30. The average molecular weight is 413 g/mol. The largest absolute Gasteiger partial charge is 0.366 e. The summed E-state index contributed by atoms with van der Waals surface area (Å²) in [5.74, 6) is -4.54. The van der Waals surface area contributed by atoms with E-state index < -0.39 is 34.5 Å². The number of primary amides is 1. The van der Waals surface area contributed by atoms with Crippen molar-refractivity contribution in [2.24, 2.45) is 5.73 Å². The summed E-state index contributed by atoms with van der Waals surface area (Å²) in [6.45, 7) is 0. The standard InChI is InChI=1S/C20H11ClF2N4O2/c21-10-3-1-9(2-4-10)14-8-26-20-17(27-14)12(7-25-20)18(28)15-13(22)6-5-11(16(15)23)19(24)29/h1-8H,(H2,24,29)(H,25,26). The van der Waals surface area contributed by atoms with Gasteiger partial charge in [0.2, 0.25) is 5.78 Å². The van der Waals surface area contributed by atoms with E-state index in [2.05, 4.69) is 15.0 Å². The summed E-state index contributed by atoms with van der Waals surface area (Å²) < 4.78 is 28.8. The molecule has 144 valence electrons. The van der Waals surface area contributed by atoms with Crippen molar-refractivity contribution in [3.63, 3.8) is 0 Å². The van der Waals surface area contributed by atoms with Crippen molar-refractivity contribution in [1.29, 1.82) is 0 Å². The number of ketones is 1. The number of rotatable bonds is 4. The van der Waals surface area contributed by atoms with Gasteiger partial charge in [0.05, 0.1) is 28.6 Å². The Balaban J connectivity index is 1.86. The predicted octanol–water partition coefficient (Wildman–Crippen LogP) is 3.89. The average Bonchev–Trinajstić information content (AvgIpc) is 3.11. The first-order chi connectivity index (χ1) is 13.9. The molecular weight excluding hydrogens is 402 g/mol. The molecule has 0 radical (unpaired) electrons. The molecule has 0 aliphatic carbocycles. The van der Waals surface area contributed by atoms with Crippen LogP contribution in [0.1, 0.15) is 26.3 Å². The first-order valence-electron chi connectivity index (χ1n) is 8.29. The number of aromatic amines is 1. The Labute approximate surface area is 167 Å². The number of nitrogens with zero attached hydrogens (tertiary/aromatic N) is 2. The highest BCUT2D eigenvalue weighted by atomic mass is 35.5. The highest BCUT2D eigenvalue weighted by Crippen LogP contribution is 2.26. The van der Waals surface area contributed by atoms with Crippen LogP contribution in [0.2, 0.25) is 5.02 Å². The number of nitrogens with one attached hydrogen (secondary N) is 1. The summed E-state index contributed by atoms with van der Waals surface area (Å²) in [5.41, 5.74) is 5.05. The molecule has 2 heterocycles. The monoisotopic (exact) mass is 412 g/mol. The van der Waals surface area contributed by atoms with Gasteiger partial charge < -0.3 is 10.7 Å². The van der Waals surface area contributed by atoms with E-state index in [4.69, 9.17) is 17.3 Å². The van der Waals surface area contributed by atoms with Crippen molar-refractivity contribution < 1.29 is 18.4 Å². The van der Waals surface area contributed by atoms with Gasteiger partial charge in [0.25, 0.3) is 5.91 Å². The van der Waals surface area contributed by atoms with Crippen LogP contribution >= 0.6 is 11.6 Å². The van der Waals surface area contributed by atoms with Gasteiger partial charge in [0, 0.05) is 16.8 Å². The Bertz CT molecular complexity index is 1290. The molecule has 4 rings (SSSR count). The van der Waals surface area contributed by atoms with E-state index in [0.29, 0.717) is 16.3 Å². The second-order valence-corrected chi connectivity index (χ2v) is 6.58. The fourth-order valence-electron chi connectivity index (χ4n) is 2.91. The topological polar surface area (TPSA) is 102 Å². The lowest BCUT2D eigenvalue weighted by molar-refractivity contribution is 0.0996. The fourth-order valence-corrected chi connectivity index (χ4v) is 3.04. The number of benzene rings is 2. The summed E-state index contributed by atoms with van der Waals surface area (Å²) in [6, 6.07) is 8.50. The Morgan fingerprint density at radius 1 is 1.03 bits per heavy atom. The molecule has 2 aromatic heterocycles. The SMILES string of the molecule is NC(=O)c1ccc(F)c(C(=O)c2c[nH]c3ncc(-c4ccc(Cl)cc4)nc23)c1F. The van der Waals surface area contributed by atoms with Crippen LogP contribution in [0.25, 0.3) is 22.4 Å². The number of carbonyl (C=O) groups excluding carboxylic acids is 2. The summed E-state index contributed by atoms with van der Waals surface area (Å²) in [5, 5.41) is 0.542. The lowest BCUT2D eigenvalue weighted by Crippen LogP contribution is -2.17. The van der Waals surface area contributed by atoms with E-state index in [0.717, 1.165) is 12.1 Å². The van der Waals surface area contributed by atoms with E-state index >= 15 is 0 Å². The van der Waals surface area contributed by atoms with Crippen LogP contribution in [0, 0.1) is 11.6 Å². The normalized spacial score (nSPS) is 11.0. The number of H-pyrrole nitrogens is 1. The molecule has 0 spiro atoms. The molecule has 0 saturated heterocycles. The minimum absolute atomic E-state index is 0.0947. The number of aromatic nitrogens is 3. The zero-order valence-corrected chi connectivity index (χ0v) is 15.3. The van der Waals surface area contributed by atoms with E-state index in [1.54, 1.807) is 24.3 Å². The minimum Gasteiger partial charge on any atom is -0.366 e. The minimum atomic E-state index is -1.32. The van der Waals surface area contributed by atoms with Crippen molar-refractivity contribution >= 4 is 34.5 Å². The zero-order valence-electron chi connectivity index (χ0n) is 14.5. The van der Waals surface area contributed by atoms with Gasteiger partial charge in [-0.05, 0) is 24.3 Å². The summed E-state index contributed by atoms with van der Waals surface area (Å²) >= 11 is 5.89. The molecule has 0 bridgehead atoms. The molecule has 29 heavy (non-hydrogen) atoms. The second kappa shape index (κ2) is 7.06. The third kappa shape index (κ3) is 3.23. The number of carbonyl (C=O) groups is 2. The second-order valence-electron chi connectivity index (χ2n) is 6.14. The molecule has 4 aromatic rings. The lowest BCUT2D eigenvalue weighted by atomic mass is 10.0. The fraction of sp³-hybridized carbons (Fsp3) is 0. The highest BCUT2D eigenvalue weighted by Gasteiger charge is 2.26. The van der Waals surface area contributed by atoms with Crippen molar-refractivity contribution in [1.82, 2.24) is 15.0 Å². The van der Waals surface area contributed by atoms with Crippen LogP contribution < -0.4 is 5.73 Å². The quantitative estimate of drug-likeness (QED) is 0.496. The summed E-state index contributed by atoms with van der Waals surface area (Å²) in [6.07, 6.45) is 2.75. The number of halogens is 3. The number of amides is 1. The maximum atomic E-state index is 14.6. The van der Waals surface area contributed by atoms with E-state index in [9.17, 15) is 18.4 Å². The molecule has 3 N–H and O–H groups in total. The molecule has 0 atom stereocenters. The van der Waals surface area contributed by atoms with Crippen molar-refractivity contribution in [2.45, 2.75) is 0 Å². The van der Waals surface area contributed by atoms with Gasteiger partial charge in [-0.25, -0.2) is 18.7 Å². The maximum Gasteiger partial charge on any atom is 0.251 e. The smallest absolute Gasteiger partial charge is 0.251 e.